The van der Waals surface area contributed by atoms with Gasteiger partial charge < -0.3 is 5.11 Å². The van der Waals surface area contributed by atoms with Crippen molar-refractivity contribution in [3.63, 3.8) is 0 Å². The highest BCUT2D eigenvalue weighted by molar-refractivity contribution is 5.34. The summed E-state index contributed by atoms with van der Waals surface area (Å²) in [7, 11) is 0. The zero-order valence-electron chi connectivity index (χ0n) is 9.33. The first kappa shape index (κ1) is 11.0. The molecule has 1 rings (SSSR count). The predicted molar refractivity (Wildman–Crippen MR) is 60.3 cm³/mol. The molecular weight excluding hydrogens is 172 g/mol. The van der Waals surface area contributed by atoms with Crippen molar-refractivity contribution < 1.29 is 5.11 Å². The number of rotatable bonds is 2. The summed E-state index contributed by atoms with van der Waals surface area (Å²) in [6, 6.07) is 6.15. The second-order valence-electron chi connectivity index (χ2n) is 4.05. The van der Waals surface area contributed by atoms with E-state index < -0.39 is 6.10 Å². The average Bonchev–Trinajstić information content (AvgIpc) is 2.08. The fourth-order valence-corrected chi connectivity index (χ4v) is 1.48. The first-order valence-corrected chi connectivity index (χ1v) is 4.91. The molecule has 0 aromatic heterocycles. The van der Waals surface area contributed by atoms with E-state index in [9.17, 15) is 5.11 Å². The van der Waals surface area contributed by atoms with E-state index in [1.165, 1.54) is 5.56 Å². The maximum absolute atomic E-state index is 9.92. The summed E-state index contributed by atoms with van der Waals surface area (Å²) in [5, 5.41) is 9.92. The summed E-state index contributed by atoms with van der Waals surface area (Å²) in [5.74, 6) is 0. The van der Waals surface area contributed by atoms with E-state index in [4.69, 9.17) is 0 Å². The molecule has 1 nitrogen and oxygen atoms in total. The van der Waals surface area contributed by atoms with Crippen molar-refractivity contribution in [3.8, 4) is 0 Å². The Kier molecular flexibility index (Phi) is 3.48. The van der Waals surface area contributed by atoms with Crippen LogP contribution in [0.3, 0.4) is 0 Å². The van der Waals surface area contributed by atoms with Gasteiger partial charge in [-0.05, 0) is 38.8 Å². The minimum absolute atomic E-state index is 0.472. The monoisotopic (exact) mass is 190 g/mol. The molecular formula is C13H18O. The van der Waals surface area contributed by atoms with Crippen molar-refractivity contribution in [2.45, 2.75) is 33.8 Å². The molecule has 76 valence electrons. The van der Waals surface area contributed by atoms with E-state index in [0.717, 1.165) is 16.7 Å². The molecule has 1 unspecified atom stereocenters. The van der Waals surface area contributed by atoms with Crippen LogP contribution >= 0.6 is 0 Å². The van der Waals surface area contributed by atoms with Gasteiger partial charge in [0.05, 0.1) is 6.10 Å². The lowest BCUT2D eigenvalue weighted by Crippen LogP contribution is -1.97. The van der Waals surface area contributed by atoms with Crippen LogP contribution in [0.2, 0.25) is 0 Å². The van der Waals surface area contributed by atoms with E-state index in [1.54, 1.807) is 0 Å². The first-order valence-electron chi connectivity index (χ1n) is 4.91. The smallest absolute Gasteiger partial charge is 0.0976 e. The predicted octanol–water partition coefficient (Wildman–Crippen LogP) is 3.30. The van der Waals surface area contributed by atoms with Gasteiger partial charge in [0.1, 0.15) is 0 Å². The third kappa shape index (κ3) is 2.71. The Hall–Kier alpha value is -1.08. The second-order valence-corrected chi connectivity index (χ2v) is 4.05. The van der Waals surface area contributed by atoms with E-state index >= 15 is 0 Å². The van der Waals surface area contributed by atoms with Gasteiger partial charge in [-0.2, -0.15) is 0 Å². The Balaban J connectivity index is 3.05. The minimum Gasteiger partial charge on any atom is -0.384 e. The molecule has 1 atom stereocenters. The number of benzene rings is 1. The topological polar surface area (TPSA) is 20.2 Å². The Morgan fingerprint density at radius 2 is 1.93 bits per heavy atom. The highest BCUT2D eigenvalue weighted by atomic mass is 16.3. The van der Waals surface area contributed by atoms with Crippen molar-refractivity contribution in [2.75, 3.05) is 0 Å². The molecule has 0 radical (unpaired) electrons. The number of aliphatic hydroxyl groups is 1. The lowest BCUT2D eigenvalue weighted by atomic mass is 10.00. The van der Waals surface area contributed by atoms with Crippen molar-refractivity contribution in [1.82, 2.24) is 0 Å². The van der Waals surface area contributed by atoms with Crippen LogP contribution in [-0.2, 0) is 0 Å². The zero-order valence-corrected chi connectivity index (χ0v) is 9.33. The molecule has 0 saturated carbocycles. The minimum atomic E-state index is -0.472. The summed E-state index contributed by atoms with van der Waals surface area (Å²) in [5.41, 5.74) is 4.47. The third-order valence-electron chi connectivity index (χ3n) is 2.24. The fraction of sp³-hybridized carbons (Fsp3) is 0.385. The largest absolute Gasteiger partial charge is 0.384 e. The summed E-state index contributed by atoms with van der Waals surface area (Å²) < 4.78 is 0. The number of hydrogen-bond acceptors (Lipinski definition) is 1. The van der Waals surface area contributed by atoms with Crippen LogP contribution in [-0.4, -0.2) is 5.11 Å². The number of hydrogen-bond donors (Lipinski definition) is 1. The molecule has 0 aliphatic heterocycles. The van der Waals surface area contributed by atoms with Crippen molar-refractivity contribution >= 4 is 0 Å². The highest BCUT2D eigenvalue weighted by Gasteiger charge is 2.07. The SMILES string of the molecule is CC(C)=CC(O)c1cc(C)ccc1C. The zero-order chi connectivity index (χ0) is 10.7. The molecule has 1 heteroatoms. The van der Waals surface area contributed by atoms with Gasteiger partial charge in [0.15, 0.2) is 0 Å². The normalized spacial score (nSPS) is 12.4. The van der Waals surface area contributed by atoms with Crippen LogP contribution in [0.4, 0.5) is 0 Å². The van der Waals surface area contributed by atoms with Crippen LogP contribution in [0.5, 0.6) is 0 Å². The molecule has 0 fully saturated rings. The molecule has 0 saturated heterocycles. The Morgan fingerprint density at radius 1 is 1.29 bits per heavy atom. The molecule has 0 amide bonds. The van der Waals surface area contributed by atoms with E-state index in [-0.39, 0.29) is 0 Å². The fourth-order valence-electron chi connectivity index (χ4n) is 1.48. The van der Waals surface area contributed by atoms with Gasteiger partial charge in [-0.1, -0.05) is 35.4 Å². The van der Waals surface area contributed by atoms with Gasteiger partial charge >= 0.3 is 0 Å². The molecule has 0 spiro atoms. The summed E-state index contributed by atoms with van der Waals surface area (Å²) in [4.78, 5) is 0. The van der Waals surface area contributed by atoms with Crippen molar-refractivity contribution in [3.05, 3.63) is 46.5 Å². The maximum Gasteiger partial charge on any atom is 0.0976 e. The van der Waals surface area contributed by atoms with Crippen LogP contribution < -0.4 is 0 Å². The summed E-state index contributed by atoms with van der Waals surface area (Å²) in [6.07, 6.45) is 1.40. The Morgan fingerprint density at radius 3 is 2.50 bits per heavy atom. The number of aryl methyl sites for hydroxylation is 2. The van der Waals surface area contributed by atoms with Gasteiger partial charge in [0.2, 0.25) is 0 Å². The van der Waals surface area contributed by atoms with Crippen LogP contribution in [0.15, 0.2) is 29.8 Å². The molecule has 1 aromatic rings. The van der Waals surface area contributed by atoms with E-state index in [2.05, 4.69) is 6.07 Å². The molecule has 1 N–H and O–H groups in total. The number of allylic oxidation sites excluding steroid dienone is 1. The molecule has 0 bridgehead atoms. The van der Waals surface area contributed by atoms with Crippen LogP contribution in [0.1, 0.15) is 36.6 Å². The molecule has 14 heavy (non-hydrogen) atoms. The lowest BCUT2D eigenvalue weighted by Gasteiger charge is -2.11. The molecule has 0 heterocycles. The molecule has 1 aromatic carbocycles. The first-order chi connectivity index (χ1) is 6.50. The van der Waals surface area contributed by atoms with E-state index in [1.807, 2.05) is 45.9 Å². The molecule has 0 aliphatic carbocycles. The van der Waals surface area contributed by atoms with E-state index in [0.29, 0.717) is 0 Å². The second kappa shape index (κ2) is 4.43. The third-order valence-corrected chi connectivity index (χ3v) is 2.24. The van der Waals surface area contributed by atoms with Gasteiger partial charge in [-0.25, -0.2) is 0 Å². The van der Waals surface area contributed by atoms with Gasteiger partial charge in [-0.15, -0.1) is 0 Å². The molecule has 0 aliphatic rings. The maximum atomic E-state index is 9.92. The Bertz CT molecular complexity index is 346. The highest BCUT2D eigenvalue weighted by Crippen LogP contribution is 2.21. The quantitative estimate of drug-likeness (QED) is 0.709. The summed E-state index contributed by atoms with van der Waals surface area (Å²) >= 11 is 0. The van der Waals surface area contributed by atoms with Gasteiger partial charge in [0.25, 0.3) is 0 Å². The van der Waals surface area contributed by atoms with Crippen LogP contribution in [0.25, 0.3) is 0 Å². The number of aliphatic hydroxyl groups excluding tert-OH is 1. The standard InChI is InChI=1S/C13H18O/c1-9(2)7-13(14)12-8-10(3)5-6-11(12)4/h5-8,13-14H,1-4H3. The van der Waals surface area contributed by atoms with Crippen molar-refractivity contribution in [2.24, 2.45) is 0 Å². The lowest BCUT2D eigenvalue weighted by molar-refractivity contribution is 0.227. The Labute approximate surface area is 86.1 Å². The van der Waals surface area contributed by atoms with Gasteiger partial charge in [-0.3, -0.25) is 0 Å². The summed E-state index contributed by atoms with van der Waals surface area (Å²) in [6.45, 7) is 8.05. The van der Waals surface area contributed by atoms with Crippen molar-refractivity contribution in [1.29, 1.82) is 0 Å². The van der Waals surface area contributed by atoms with Gasteiger partial charge in [0, 0.05) is 0 Å². The van der Waals surface area contributed by atoms with Crippen LogP contribution in [0, 0.1) is 13.8 Å². The average molecular weight is 190 g/mol.